The lowest BCUT2D eigenvalue weighted by Gasteiger charge is -2.41. The van der Waals surface area contributed by atoms with Crippen LogP contribution >= 0.6 is 0 Å². The van der Waals surface area contributed by atoms with Gasteiger partial charge in [0.05, 0.1) is 30.7 Å². The quantitative estimate of drug-likeness (QED) is 0.791. The Bertz CT molecular complexity index is 573. The maximum Gasteiger partial charge on any atom is 0.254 e. The zero-order valence-corrected chi connectivity index (χ0v) is 10.2. The van der Waals surface area contributed by atoms with Crippen LogP contribution in [0.2, 0.25) is 0 Å². The Morgan fingerprint density at radius 3 is 2.40 bits per heavy atom. The number of hydrogen-bond acceptors (Lipinski definition) is 3. The summed E-state index contributed by atoms with van der Waals surface area (Å²) < 4.78 is 44.2. The predicted molar refractivity (Wildman–Crippen MR) is 61.1 cm³/mol. The van der Waals surface area contributed by atoms with Gasteiger partial charge in [-0.15, -0.1) is 0 Å². The fraction of sp³-hybridized carbons (Fsp3) is 0.333. The molecule has 2 amide bonds. The first-order chi connectivity index (χ1) is 9.34. The lowest BCUT2D eigenvalue weighted by atomic mass is 9.92. The Morgan fingerprint density at radius 2 is 1.90 bits per heavy atom. The fourth-order valence-electron chi connectivity index (χ4n) is 1.91. The molecular weight excluding hydrogens is 277 g/mol. The summed E-state index contributed by atoms with van der Waals surface area (Å²) in [5.41, 5.74) is 3.37. The molecular formula is C12H11F3N2O3. The van der Waals surface area contributed by atoms with Crippen LogP contribution in [0.4, 0.5) is 13.2 Å². The van der Waals surface area contributed by atoms with Gasteiger partial charge in [0.25, 0.3) is 5.91 Å². The number of amides is 2. The van der Waals surface area contributed by atoms with Crippen LogP contribution in [0, 0.1) is 17.5 Å². The molecule has 108 valence electrons. The molecule has 1 heterocycles. The van der Waals surface area contributed by atoms with Gasteiger partial charge in [-0.25, -0.2) is 13.2 Å². The molecule has 8 heteroatoms. The second-order valence-corrected chi connectivity index (χ2v) is 4.59. The number of primary amides is 1. The van der Waals surface area contributed by atoms with Gasteiger partial charge in [-0.05, 0) is 12.1 Å². The summed E-state index contributed by atoms with van der Waals surface area (Å²) in [5, 5.41) is 2.37. The Morgan fingerprint density at radius 1 is 1.25 bits per heavy atom. The molecule has 2 rings (SSSR count). The molecule has 0 atom stereocenters. The average Bonchev–Trinajstić information content (AvgIpc) is 2.32. The van der Waals surface area contributed by atoms with E-state index < -0.39 is 40.4 Å². The summed E-state index contributed by atoms with van der Waals surface area (Å²) in [4.78, 5) is 22.8. The molecule has 0 spiro atoms. The molecule has 0 aliphatic carbocycles. The summed E-state index contributed by atoms with van der Waals surface area (Å²) in [6, 6.07) is 1.46. The van der Waals surface area contributed by atoms with Crippen LogP contribution in [-0.4, -0.2) is 30.6 Å². The van der Waals surface area contributed by atoms with Crippen LogP contribution in [0.1, 0.15) is 16.8 Å². The molecule has 3 N–H and O–H groups in total. The van der Waals surface area contributed by atoms with E-state index in [1.54, 1.807) is 0 Å². The highest BCUT2D eigenvalue weighted by Gasteiger charge is 2.42. The normalized spacial score (nSPS) is 16.4. The van der Waals surface area contributed by atoms with Crippen molar-refractivity contribution in [3.63, 3.8) is 0 Å². The van der Waals surface area contributed by atoms with E-state index in [1.807, 2.05) is 0 Å². The summed E-state index contributed by atoms with van der Waals surface area (Å²) in [6.45, 7) is 0.0694. The van der Waals surface area contributed by atoms with Gasteiger partial charge in [-0.2, -0.15) is 0 Å². The number of nitrogens with two attached hydrogens (primary N) is 1. The molecule has 1 fully saturated rings. The van der Waals surface area contributed by atoms with Crippen molar-refractivity contribution in [1.82, 2.24) is 5.32 Å². The molecule has 1 aromatic carbocycles. The van der Waals surface area contributed by atoms with Crippen molar-refractivity contribution >= 4 is 11.8 Å². The minimum absolute atomic E-state index is 0.0347. The Kier molecular flexibility index (Phi) is 3.67. The highest BCUT2D eigenvalue weighted by Crippen LogP contribution is 2.23. The minimum Gasteiger partial charge on any atom is -0.376 e. The molecule has 1 aliphatic rings. The van der Waals surface area contributed by atoms with Crippen LogP contribution in [0.25, 0.3) is 0 Å². The van der Waals surface area contributed by atoms with Crippen molar-refractivity contribution in [3.8, 4) is 0 Å². The summed E-state index contributed by atoms with van der Waals surface area (Å²) >= 11 is 0. The summed E-state index contributed by atoms with van der Waals surface area (Å²) in [6.07, 6.45) is -0.190. The van der Waals surface area contributed by atoms with Gasteiger partial charge in [0.15, 0.2) is 17.5 Å². The first kappa shape index (κ1) is 14.3. The van der Waals surface area contributed by atoms with Crippen molar-refractivity contribution in [2.45, 2.75) is 12.0 Å². The molecule has 1 aliphatic heterocycles. The van der Waals surface area contributed by atoms with E-state index in [9.17, 15) is 22.8 Å². The minimum atomic E-state index is -1.73. The van der Waals surface area contributed by atoms with Crippen molar-refractivity contribution < 1.29 is 27.5 Å². The van der Waals surface area contributed by atoms with E-state index in [1.165, 1.54) is 0 Å². The smallest absolute Gasteiger partial charge is 0.254 e. The molecule has 0 saturated carbocycles. The number of halogens is 3. The third kappa shape index (κ3) is 2.60. The third-order valence-corrected chi connectivity index (χ3v) is 2.93. The topological polar surface area (TPSA) is 81.4 Å². The second kappa shape index (κ2) is 5.12. The van der Waals surface area contributed by atoms with E-state index >= 15 is 0 Å². The Hall–Kier alpha value is -2.09. The van der Waals surface area contributed by atoms with Crippen LogP contribution in [0.3, 0.4) is 0 Å². The fourth-order valence-corrected chi connectivity index (χ4v) is 1.91. The van der Waals surface area contributed by atoms with Gasteiger partial charge in [0.1, 0.15) is 0 Å². The van der Waals surface area contributed by atoms with Gasteiger partial charge in [-0.1, -0.05) is 0 Å². The average molecular weight is 288 g/mol. The van der Waals surface area contributed by atoms with Gasteiger partial charge in [0, 0.05) is 0 Å². The number of carbonyl (C=O) groups is 2. The van der Waals surface area contributed by atoms with Crippen molar-refractivity contribution in [2.24, 2.45) is 5.73 Å². The maximum atomic E-state index is 13.5. The first-order valence-electron chi connectivity index (χ1n) is 5.67. The Balaban J connectivity index is 2.20. The van der Waals surface area contributed by atoms with Crippen molar-refractivity contribution in [3.05, 3.63) is 35.1 Å². The van der Waals surface area contributed by atoms with Crippen molar-refractivity contribution in [1.29, 1.82) is 0 Å². The zero-order valence-electron chi connectivity index (χ0n) is 10.2. The van der Waals surface area contributed by atoms with Gasteiger partial charge in [-0.3, -0.25) is 9.59 Å². The molecule has 0 unspecified atom stereocenters. The van der Waals surface area contributed by atoms with E-state index in [4.69, 9.17) is 10.5 Å². The van der Waals surface area contributed by atoms with E-state index in [0.29, 0.717) is 6.07 Å². The highest BCUT2D eigenvalue weighted by atomic mass is 19.2. The molecule has 0 bridgehead atoms. The highest BCUT2D eigenvalue weighted by molar-refractivity contribution is 5.95. The molecule has 1 saturated heterocycles. The Labute approximate surface area is 111 Å². The van der Waals surface area contributed by atoms with Crippen molar-refractivity contribution in [2.75, 3.05) is 13.2 Å². The summed E-state index contributed by atoms with van der Waals surface area (Å²) in [7, 11) is 0. The van der Waals surface area contributed by atoms with Crippen LogP contribution in [0.15, 0.2) is 12.1 Å². The largest absolute Gasteiger partial charge is 0.376 e. The molecule has 5 nitrogen and oxygen atoms in total. The number of nitrogens with one attached hydrogen (secondary N) is 1. The van der Waals surface area contributed by atoms with Crippen LogP contribution < -0.4 is 11.1 Å². The van der Waals surface area contributed by atoms with Gasteiger partial charge in [0.2, 0.25) is 5.91 Å². The molecule has 1 aromatic rings. The third-order valence-electron chi connectivity index (χ3n) is 2.93. The lowest BCUT2D eigenvalue weighted by Crippen LogP contribution is -2.63. The van der Waals surface area contributed by atoms with E-state index in [2.05, 4.69) is 5.32 Å². The number of benzene rings is 1. The number of carbonyl (C=O) groups excluding carboxylic acids is 2. The monoisotopic (exact) mass is 288 g/mol. The molecule has 0 aromatic heterocycles. The molecule has 20 heavy (non-hydrogen) atoms. The maximum absolute atomic E-state index is 13.5. The lowest BCUT2D eigenvalue weighted by molar-refractivity contribution is -0.127. The van der Waals surface area contributed by atoms with Gasteiger partial charge >= 0.3 is 0 Å². The standard InChI is InChI=1S/C12H11F3N2O3/c13-7-2-1-6(9(14)10(7)15)11(19)17-12(3-8(16)18)4-20-5-12/h1-2H,3-5H2,(H2,16,18)(H,17,19). The van der Waals surface area contributed by atoms with Crippen LogP contribution in [0.5, 0.6) is 0 Å². The SMILES string of the molecule is NC(=O)CC1(NC(=O)c2ccc(F)c(F)c2F)COC1. The van der Waals surface area contributed by atoms with E-state index in [-0.39, 0.29) is 19.6 Å². The summed E-state index contributed by atoms with van der Waals surface area (Å²) in [5.74, 6) is -6.34. The number of rotatable bonds is 4. The number of ether oxygens (including phenoxy) is 1. The predicted octanol–water partition coefficient (Wildman–Crippen LogP) is 0.478. The number of hydrogen-bond donors (Lipinski definition) is 2. The first-order valence-corrected chi connectivity index (χ1v) is 5.67. The van der Waals surface area contributed by atoms with E-state index in [0.717, 1.165) is 6.07 Å². The second-order valence-electron chi connectivity index (χ2n) is 4.59. The van der Waals surface area contributed by atoms with Crippen LogP contribution in [-0.2, 0) is 9.53 Å². The molecule has 0 radical (unpaired) electrons. The van der Waals surface area contributed by atoms with Gasteiger partial charge < -0.3 is 15.8 Å². The zero-order chi connectivity index (χ0) is 14.9.